The maximum absolute atomic E-state index is 11.7. The smallest absolute Gasteiger partial charge is 0.365 e. The maximum atomic E-state index is 11.7. The highest BCUT2D eigenvalue weighted by molar-refractivity contribution is 5.85. The Morgan fingerprint density at radius 1 is 1.00 bits per heavy atom. The predicted octanol–water partition coefficient (Wildman–Crippen LogP) is 6.45. The standard InChI is InChI=1S/C30H43N7O2/c1-4-20-13-15-21(16-14-20)17-37-24-25(31-19(3)23-11-8-12-23)32-27(28-35-30(38)39-36-28)33-26(24)34-29(37)18(2)22-9-6-5-7-10-22/h4,18-23H,1,5-17H2,2-3H3,(H,31,32,33)(H,35,36,38)/t18?,19-,20?,21?/m1/s1. The number of allylic oxidation sites excluding steroid dienone is 1. The van der Waals surface area contributed by atoms with Gasteiger partial charge in [-0.15, -0.1) is 6.58 Å². The van der Waals surface area contributed by atoms with Crippen molar-refractivity contribution in [1.82, 2.24) is 29.7 Å². The molecular formula is C30H43N7O2. The number of hydrogen-bond donors (Lipinski definition) is 2. The van der Waals surface area contributed by atoms with E-state index in [-0.39, 0.29) is 11.9 Å². The van der Waals surface area contributed by atoms with Gasteiger partial charge >= 0.3 is 5.76 Å². The Bertz CT molecular complexity index is 1340. The van der Waals surface area contributed by atoms with Gasteiger partial charge in [0.15, 0.2) is 11.5 Å². The molecule has 0 aromatic carbocycles. The third-order valence-corrected chi connectivity index (χ3v) is 9.94. The van der Waals surface area contributed by atoms with Crippen molar-refractivity contribution in [2.75, 3.05) is 5.32 Å². The first-order valence-electron chi connectivity index (χ1n) is 15.2. The minimum Gasteiger partial charge on any atom is -0.365 e. The van der Waals surface area contributed by atoms with Crippen LogP contribution in [0.15, 0.2) is 22.0 Å². The van der Waals surface area contributed by atoms with Crippen LogP contribution in [0.25, 0.3) is 22.8 Å². The predicted molar refractivity (Wildman–Crippen MR) is 153 cm³/mol. The van der Waals surface area contributed by atoms with Crippen LogP contribution in [0.4, 0.5) is 5.82 Å². The number of anilines is 1. The first kappa shape index (κ1) is 26.3. The monoisotopic (exact) mass is 533 g/mol. The number of aromatic amines is 1. The van der Waals surface area contributed by atoms with Crippen LogP contribution in [0, 0.1) is 23.7 Å². The van der Waals surface area contributed by atoms with E-state index in [1.54, 1.807) is 0 Å². The second kappa shape index (κ2) is 11.3. The summed E-state index contributed by atoms with van der Waals surface area (Å²) < 4.78 is 7.24. The molecule has 3 heterocycles. The van der Waals surface area contributed by atoms with Crippen LogP contribution in [0.1, 0.15) is 103 Å². The van der Waals surface area contributed by atoms with E-state index in [0.717, 1.165) is 23.7 Å². The van der Waals surface area contributed by atoms with E-state index in [0.29, 0.717) is 41.1 Å². The van der Waals surface area contributed by atoms with Crippen LogP contribution >= 0.6 is 0 Å². The second-order valence-electron chi connectivity index (χ2n) is 12.4. The lowest BCUT2D eigenvalue weighted by Gasteiger charge is -2.33. The maximum Gasteiger partial charge on any atom is 0.439 e. The molecule has 6 rings (SSSR count). The number of aromatic nitrogens is 6. The lowest BCUT2D eigenvalue weighted by atomic mass is 9.80. The molecule has 0 amide bonds. The molecule has 39 heavy (non-hydrogen) atoms. The molecular weight excluding hydrogens is 490 g/mol. The molecule has 3 aromatic rings. The number of hydrogen-bond acceptors (Lipinski definition) is 7. The topological polar surface area (TPSA) is 115 Å². The molecule has 3 aromatic heterocycles. The van der Waals surface area contributed by atoms with Gasteiger partial charge < -0.3 is 9.88 Å². The number of fused-ring (bicyclic) bond motifs is 1. The van der Waals surface area contributed by atoms with Gasteiger partial charge in [0.05, 0.1) is 0 Å². The number of nitrogens with one attached hydrogen (secondary N) is 2. The summed E-state index contributed by atoms with van der Waals surface area (Å²) in [5.41, 5.74) is 1.66. The summed E-state index contributed by atoms with van der Waals surface area (Å²) >= 11 is 0. The number of H-pyrrole nitrogens is 1. The Labute approximate surface area is 230 Å². The van der Waals surface area contributed by atoms with E-state index in [1.165, 1.54) is 77.0 Å². The fourth-order valence-electron chi connectivity index (χ4n) is 7.10. The fraction of sp³-hybridized carbons (Fsp3) is 0.700. The van der Waals surface area contributed by atoms with Crippen LogP contribution in [0.3, 0.4) is 0 Å². The Morgan fingerprint density at radius 2 is 1.74 bits per heavy atom. The molecule has 0 bridgehead atoms. The molecule has 210 valence electrons. The van der Waals surface area contributed by atoms with Gasteiger partial charge in [-0.3, -0.25) is 9.51 Å². The minimum absolute atomic E-state index is 0.237. The normalized spacial score (nSPS) is 24.4. The van der Waals surface area contributed by atoms with Gasteiger partial charge in [-0.1, -0.05) is 43.8 Å². The van der Waals surface area contributed by atoms with Crippen LogP contribution in [0.2, 0.25) is 0 Å². The highest BCUT2D eigenvalue weighted by atomic mass is 16.5. The lowest BCUT2D eigenvalue weighted by Crippen LogP contribution is -2.31. The van der Waals surface area contributed by atoms with Gasteiger partial charge in [0.2, 0.25) is 11.6 Å². The van der Waals surface area contributed by atoms with Crippen molar-refractivity contribution >= 4 is 17.0 Å². The molecule has 0 spiro atoms. The largest absolute Gasteiger partial charge is 0.439 e. The molecule has 0 radical (unpaired) electrons. The van der Waals surface area contributed by atoms with Crippen molar-refractivity contribution in [3.8, 4) is 11.6 Å². The molecule has 2 atom stereocenters. The number of rotatable bonds is 9. The number of imidazole rings is 1. The molecule has 0 saturated heterocycles. The van der Waals surface area contributed by atoms with Gasteiger partial charge in [0.1, 0.15) is 11.3 Å². The summed E-state index contributed by atoms with van der Waals surface area (Å²) in [6.07, 6.45) is 17.2. The molecule has 3 aliphatic rings. The molecule has 3 fully saturated rings. The Hall–Kier alpha value is -2.97. The molecule has 9 nitrogen and oxygen atoms in total. The molecule has 3 aliphatic carbocycles. The third kappa shape index (κ3) is 5.41. The van der Waals surface area contributed by atoms with Crippen molar-refractivity contribution in [3.05, 3.63) is 29.0 Å². The summed E-state index contributed by atoms with van der Waals surface area (Å²) in [5, 5.41) is 7.64. The summed E-state index contributed by atoms with van der Waals surface area (Å²) in [6, 6.07) is 0.284. The van der Waals surface area contributed by atoms with Gasteiger partial charge in [0, 0.05) is 18.5 Å². The SMILES string of the molecule is C=CC1CCC(Cn2c(C(C)C3CCCCC3)nc3nc(-c4noc(=O)[nH]4)nc(N[C@H](C)C4CCC4)c32)CC1. The zero-order valence-corrected chi connectivity index (χ0v) is 23.5. The van der Waals surface area contributed by atoms with Gasteiger partial charge in [0.25, 0.3) is 0 Å². The molecule has 3 saturated carbocycles. The second-order valence-corrected chi connectivity index (χ2v) is 12.4. The van der Waals surface area contributed by atoms with Crippen molar-refractivity contribution in [3.63, 3.8) is 0 Å². The summed E-state index contributed by atoms with van der Waals surface area (Å²) in [6.45, 7) is 9.58. The van der Waals surface area contributed by atoms with E-state index >= 15 is 0 Å². The average Bonchev–Trinajstić information content (AvgIpc) is 3.52. The summed E-state index contributed by atoms with van der Waals surface area (Å²) in [7, 11) is 0. The van der Waals surface area contributed by atoms with Gasteiger partial charge in [-0.05, 0) is 82.0 Å². The van der Waals surface area contributed by atoms with E-state index in [9.17, 15) is 4.79 Å². The summed E-state index contributed by atoms with van der Waals surface area (Å²) in [4.78, 5) is 29.4. The van der Waals surface area contributed by atoms with Crippen molar-refractivity contribution in [2.45, 2.75) is 109 Å². The van der Waals surface area contributed by atoms with Crippen molar-refractivity contribution < 1.29 is 4.52 Å². The van der Waals surface area contributed by atoms with Crippen molar-refractivity contribution in [2.24, 2.45) is 23.7 Å². The number of nitrogens with zero attached hydrogens (tertiary/aromatic N) is 5. The average molecular weight is 534 g/mol. The highest BCUT2D eigenvalue weighted by Crippen LogP contribution is 2.40. The fourth-order valence-corrected chi connectivity index (χ4v) is 7.10. The zero-order chi connectivity index (χ0) is 26.9. The van der Waals surface area contributed by atoms with Gasteiger partial charge in [-0.2, -0.15) is 0 Å². The molecule has 0 aliphatic heterocycles. The minimum atomic E-state index is -0.613. The van der Waals surface area contributed by atoms with Crippen LogP contribution in [-0.2, 0) is 6.54 Å². The van der Waals surface area contributed by atoms with E-state index < -0.39 is 5.76 Å². The van der Waals surface area contributed by atoms with E-state index in [1.807, 2.05) is 0 Å². The molecule has 1 unspecified atom stereocenters. The lowest BCUT2D eigenvalue weighted by molar-refractivity contribution is 0.269. The molecule has 2 N–H and O–H groups in total. The highest BCUT2D eigenvalue weighted by Gasteiger charge is 2.31. The third-order valence-electron chi connectivity index (χ3n) is 9.94. The first-order valence-corrected chi connectivity index (χ1v) is 15.2. The van der Waals surface area contributed by atoms with Gasteiger partial charge in [-0.25, -0.2) is 19.7 Å². The van der Waals surface area contributed by atoms with Crippen molar-refractivity contribution in [1.29, 1.82) is 0 Å². The van der Waals surface area contributed by atoms with Crippen LogP contribution in [0.5, 0.6) is 0 Å². The first-order chi connectivity index (χ1) is 19.0. The van der Waals surface area contributed by atoms with Crippen LogP contribution in [-0.4, -0.2) is 35.7 Å². The Balaban J connectivity index is 1.45. The zero-order valence-electron chi connectivity index (χ0n) is 23.5. The summed E-state index contributed by atoms with van der Waals surface area (Å²) in [5.74, 6) is 4.72. The van der Waals surface area contributed by atoms with E-state index in [2.05, 4.69) is 46.5 Å². The Morgan fingerprint density at radius 3 is 2.38 bits per heavy atom. The van der Waals surface area contributed by atoms with E-state index in [4.69, 9.17) is 19.5 Å². The molecule has 9 heteroatoms. The van der Waals surface area contributed by atoms with Crippen LogP contribution < -0.4 is 11.1 Å². The Kier molecular flexibility index (Phi) is 7.58. The quantitative estimate of drug-likeness (QED) is 0.304.